The maximum absolute atomic E-state index is 13.0. The summed E-state index contributed by atoms with van der Waals surface area (Å²) in [4.78, 5) is 15.3. The molecule has 1 aromatic carbocycles. The van der Waals surface area contributed by atoms with E-state index in [2.05, 4.69) is 4.98 Å². The quantitative estimate of drug-likeness (QED) is 0.636. The number of esters is 1. The molecule has 8 heteroatoms. The average Bonchev–Trinajstić information content (AvgIpc) is 2.93. The Hall–Kier alpha value is -3.03. The SMILES string of the molecule is COC(=O)c1c(C)oc2ccc(OCc3cccnc3C(F)(F)F)cc12. The minimum Gasteiger partial charge on any atom is -0.489 e. The molecule has 0 saturated heterocycles. The highest BCUT2D eigenvalue weighted by atomic mass is 19.4. The second-order valence-electron chi connectivity index (χ2n) is 5.48. The monoisotopic (exact) mass is 365 g/mol. The Balaban J connectivity index is 1.90. The van der Waals surface area contributed by atoms with Crippen LogP contribution in [0, 0.1) is 6.92 Å². The van der Waals surface area contributed by atoms with Crippen LogP contribution in [0.5, 0.6) is 5.75 Å². The van der Waals surface area contributed by atoms with Gasteiger partial charge in [0.25, 0.3) is 0 Å². The number of ether oxygens (including phenoxy) is 2. The summed E-state index contributed by atoms with van der Waals surface area (Å²) in [6, 6.07) is 7.37. The van der Waals surface area contributed by atoms with E-state index in [0.29, 0.717) is 22.5 Å². The number of halogens is 3. The number of fused-ring (bicyclic) bond motifs is 1. The zero-order valence-electron chi connectivity index (χ0n) is 13.9. The molecule has 0 bridgehead atoms. The van der Waals surface area contributed by atoms with Gasteiger partial charge in [0, 0.05) is 17.1 Å². The summed E-state index contributed by atoms with van der Waals surface area (Å²) in [6.45, 7) is 1.30. The third-order valence-corrected chi connectivity index (χ3v) is 3.78. The zero-order chi connectivity index (χ0) is 18.9. The lowest BCUT2D eigenvalue weighted by Gasteiger charge is -2.12. The largest absolute Gasteiger partial charge is 0.489 e. The normalized spacial score (nSPS) is 11.6. The van der Waals surface area contributed by atoms with Gasteiger partial charge in [0.1, 0.15) is 29.3 Å². The van der Waals surface area contributed by atoms with Crippen LogP contribution in [0.15, 0.2) is 40.9 Å². The standard InChI is InChI=1S/C18H14F3NO4/c1-10-15(17(23)24-2)13-8-12(5-6-14(13)26-10)25-9-11-4-3-7-22-16(11)18(19,20)21/h3-8H,9H2,1-2H3. The lowest BCUT2D eigenvalue weighted by molar-refractivity contribution is -0.142. The molecular formula is C18H14F3NO4. The fourth-order valence-electron chi connectivity index (χ4n) is 2.62. The van der Waals surface area contributed by atoms with E-state index in [4.69, 9.17) is 13.9 Å². The topological polar surface area (TPSA) is 61.6 Å². The molecule has 2 aromatic heterocycles. The van der Waals surface area contributed by atoms with Gasteiger partial charge in [-0.25, -0.2) is 4.79 Å². The molecule has 0 saturated carbocycles. The molecular weight excluding hydrogens is 351 g/mol. The van der Waals surface area contributed by atoms with E-state index < -0.39 is 17.8 Å². The van der Waals surface area contributed by atoms with Crippen molar-refractivity contribution >= 4 is 16.9 Å². The number of alkyl halides is 3. The van der Waals surface area contributed by atoms with Crippen LogP contribution in [-0.4, -0.2) is 18.1 Å². The Morgan fingerprint density at radius 1 is 1.27 bits per heavy atom. The summed E-state index contributed by atoms with van der Waals surface area (Å²) in [5, 5.41) is 0.467. The third kappa shape index (κ3) is 3.35. The maximum atomic E-state index is 13.0. The van der Waals surface area contributed by atoms with Crippen LogP contribution in [0.2, 0.25) is 0 Å². The first-order valence-corrected chi connectivity index (χ1v) is 7.56. The number of aryl methyl sites for hydroxylation is 1. The van der Waals surface area contributed by atoms with Crippen LogP contribution in [0.1, 0.15) is 27.4 Å². The molecule has 0 aliphatic heterocycles. The van der Waals surface area contributed by atoms with Gasteiger partial charge in [0.2, 0.25) is 0 Å². The minimum absolute atomic E-state index is 0.0864. The number of methoxy groups -OCH3 is 1. The fraction of sp³-hybridized carbons (Fsp3) is 0.222. The Labute approximate surface area is 146 Å². The Bertz CT molecular complexity index is 963. The van der Waals surface area contributed by atoms with E-state index >= 15 is 0 Å². The molecule has 0 radical (unpaired) electrons. The molecule has 0 fully saturated rings. The highest BCUT2D eigenvalue weighted by Crippen LogP contribution is 2.32. The predicted molar refractivity (Wildman–Crippen MR) is 85.9 cm³/mol. The second-order valence-corrected chi connectivity index (χ2v) is 5.48. The lowest BCUT2D eigenvalue weighted by atomic mass is 10.1. The van der Waals surface area contributed by atoms with E-state index in [0.717, 1.165) is 6.20 Å². The molecule has 5 nitrogen and oxygen atoms in total. The van der Waals surface area contributed by atoms with Gasteiger partial charge in [-0.15, -0.1) is 0 Å². The smallest absolute Gasteiger partial charge is 0.433 e. The zero-order valence-corrected chi connectivity index (χ0v) is 13.9. The molecule has 0 unspecified atom stereocenters. The number of carbonyl (C=O) groups excluding carboxylic acids is 1. The molecule has 0 amide bonds. The van der Waals surface area contributed by atoms with E-state index in [9.17, 15) is 18.0 Å². The van der Waals surface area contributed by atoms with Gasteiger partial charge >= 0.3 is 12.1 Å². The van der Waals surface area contributed by atoms with Crippen molar-refractivity contribution in [3.63, 3.8) is 0 Å². The number of pyridine rings is 1. The van der Waals surface area contributed by atoms with Gasteiger partial charge < -0.3 is 13.9 Å². The number of nitrogens with zero attached hydrogens (tertiary/aromatic N) is 1. The highest BCUT2D eigenvalue weighted by molar-refractivity contribution is 6.04. The van der Waals surface area contributed by atoms with Crippen LogP contribution in [0.4, 0.5) is 13.2 Å². The first-order chi connectivity index (χ1) is 12.3. The van der Waals surface area contributed by atoms with E-state index in [1.165, 1.54) is 25.3 Å². The molecule has 26 heavy (non-hydrogen) atoms. The van der Waals surface area contributed by atoms with E-state index in [-0.39, 0.29) is 17.7 Å². The molecule has 3 aromatic rings. The van der Waals surface area contributed by atoms with Crippen molar-refractivity contribution in [2.24, 2.45) is 0 Å². The Kier molecular flexibility index (Phi) is 4.58. The van der Waals surface area contributed by atoms with Crippen molar-refractivity contribution in [3.8, 4) is 5.75 Å². The average molecular weight is 365 g/mol. The van der Waals surface area contributed by atoms with Crippen molar-refractivity contribution < 1.29 is 31.9 Å². The fourth-order valence-corrected chi connectivity index (χ4v) is 2.62. The number of aromatic nitrogens is 1. The molecule has 0 aliphatic rings. The van der Waals surface area contributed by atoms with E-state index in [1.807, 2.05) is 0 Å². The summed E-state index contributed by atoms with van der Waals surface area (Å²) in [7, 11) is 1.25. The van der Waals surface area contributed by atoms with Crippen molar-refractivity contribution in [1.29, 1.82) is 0 Å². The Morgan fingerprint density at radius 2 is 2.04 bits per heavy atom. The third-order valence-electron chi connectivity index (χ3n) is 3.78. The van der Waals surface area contributed by atoms with Crippen LogP contribution in [0.25, 0.3) is 11.0 Å². The Morgan fingerprint density at radius 3 is 2.73 bits per heavy atom. The van der Waals surface area contributed by atoms with E-state index in [1.54, 1.807) is 19.1 Å². The molecule has 0 atom stereocenters. The molecule has 0 aliphatic carbocycles. The molecule has 0 spiro atoms. The van der Waals surface area contributed by atoms with Gasteiger partial charge in [0.05, 0.1) is 7.11 Å². The summed E-state index contributed by atoms with van der Waals surface area (Å²) < 4.78 is 54.7. The summed E-state index contributed by atoms with van der Waals surface area (Å²) in [5.41, 5.74) is -0.370. The molecule has 0 N–H and O–H groups in total. The summed E-state index contributed by atoms with van der Waals surface area (Å²) in [6.07, 6.45) is -3.49. The predicted octanol–water partition coefficient (Wildman–Crippen LogP) is 4.52. The summed E-state index contributed by atoms with van der Waals surface area (Å²) in [5.74, 6) is 0.112. The van der Waals surface area contributed by atoms with Crippen molar-refractivity contribution in [1.82, 2.24) is 4.98 Å². The number of carbonyl (C=O) groups is 1. The van der Waals surface area contributed by atoms with Crippen molar-refractivity contribution in [2.75, 3.05) is 7.11 Å². The van der Waals surface area contributed by atoms with Gasteiger partial charge in [-0.3, -0.25) is 4.98 Å². The van der Waals surface area contributed by atoms with Crippen LogP contribution in [0.3, 0.4) is 0 Å². The number of benzene rings is 1. The van der Waals surface area contributed by atoms with Gasteiger partial charge in [-0.1, -0.05) is 6.07 Å². The lowest BCUT2D eigenvalue weighted by Crippen LogP contribution is -2.13. The van der Waals surface area contributed by atoms with Gasteiger partial charge in [-0.05, 0) is 31.2 Å². The summed E-state index contributed by atoms with van der Waals surface area (Å²) >= 11 is 0. The number of hydrogen-bond acceptors (Lipinski definition) is 5. The van der Waals surface area contributed by atoms with Gasteiger partial charge in [0.15, 0.2) is 5.69 Å². The number of furan rings is 1. The molecule has 3 rings (SSSR count). The first kappa shape index (κ1) is 17.8. The second kappa shape index (κ2) is 6.70. The number of rotatable bonds is 4. The minimum atomic E-state index is -4.57. The van der Waals surface area contributed by atoms with Crippen LogP contribution in [-0.2, 0) is 17.5 Å². The van der Waals surface area contributed by atoms with Gasteiger partial charge in [-0.2, -0.15) is 13.2 Å². The maximum Gasteiger partial charge on any atom is 0.433 e. The van der Waals surface area contributed by atoms with Crippen molar-refractivity contribution in [2.45, 2.75) is 19.7 Å². The van der Waals surface area contributed by atoms with Crippen molar-refractivity contribution in [3.05, 3.63) is 59.1 Å². The number of hydrogen-bond donors (Lipinski definition) is 0. The first-order valence-electron chi connectivity index (χ1n) is 7.56. The molecule has 136 valence electrons. The molecule has 2 heterocycles. The highest BCUT2D eigenvalue weighted by Gasteiger charge is 2.35. The van der Waals surface area contributed by atoms with Crippen LogP contribution >= 0.6 is 0 Å². The van der Waals surface area contributed by atoms with Crippen LogP contribution < -0.4 is 4.74 Å².